The van der Waals surface area contributed by atoms with Crippen molar-refractivity contribution in [1.29, 1.82) is 5.26 Å². The van der Waals surface area contributed by atoms with Gasteiger partial charge in [-0.15, -0.1) is 0 Å². The number of likely N-dealkylation sites (N-methyl/N-ethyl adjacent to an activating group) is 1. The zero-order valence-corrected chi connectivity index (χ0v) is 12.8. The average Bonchev–Trinajstić information content (AvgIpc) is 2.53. The molecule has 1 aromatic carbocycles. The standard InChI is InChI=1S/C17H25N3O/c1-2-20(16-7-5-15(19)6-8-16)11-12-21-17-9-3-14(13-18)4-10-17/h3-4,9-10,15-16H,2,5-8,11-12,19H2,1H3. The average molecular weight is 287 g/mol. The fraction of sp³-hybridized carbons (Fsp3) is 0.588. The summed E-state index contributed by atoms with van der Waals surface area (Å²) in [7, 11) is 0. The third-order valence-corrected chi connectivity index (χ3v) is 4.29. The lowest BCUT2D eigenvalue weighted by Crippen LogP contribution is -2.42. The van der Waals surface area contributed by atoms with Gasteiger partial charge in [-0.3, -0.25) is 4.90 Å². The highest BCUT2D eigenvalue weighted by Crippen LogP contribution is 2.22. The summed E-state index contributed by atoms with van der Waals surface area (Å²) < 4.78 is 5.77. The van der Waals surface area contributed by atoms with Crippen LogP contribution < -0.4 is 10.5 Å². The Morgan fingerprint density at radius 2 is 1.90 bits per heavy atom. The van der Waals surface area contributed by atoms with Crippen LogP contribution in [0, 0.1) is 11.3 Å². The van der Waals surface area contributed by atoms with E-state index in [9.17, 15) is 0 Å². The predicted molar refractivity (Wildman–Crippen MR) is 84.1 cm³/mol. The summed E-state index contributed by atoms with van der Waals surface area (Å²) in [5, 5.41) is 8.77. The van der Waals surface area contributed by atoms with Gasteiger partial charge >= 0.3 is 0 Å². The van der Waals surface area contributed by atoms with Crippen molar-refractivity contribution in [3.8, 4) is 11.8 Å². The summed E-state index contributed by atoms with van der Waals surface area (Å²) in [6, 6.07) is 10.4. The third kappa shape index (κ3) is 4.73. The topological polar surface area (TPSA) is 62.3 Å². The van der Waals surface area contributed by atoms with Gasteiger partial charge in [0.2, 0.25) is 0 Å². The molecule has 0 aliphatic heterocycles. The Bertz CT molecular complexity index is 458. The molecule has 4 nitrogen and oxygen atoms in total. The fourth-order valence-electron chi connectivity index (χ4n) is 2.97. The minimum atomic E-state index is 0.398. The van der Waals surface area contributed by atoms with E-state index < -0.39 is 0 Å². The Kier molecular flexibility index (Phi) is 6.04. The van der Waals surface area contributed by atoms with E-state index in [-0.39, 0.29) is 0 Å². The Morgan fingerprint density at radius 1 is 1.24 bits per heavy atom. The van der Waals surface area contributed by atoms with Crippen molar-refractivity contribution in [2.24, 2.45) is 5.73 Å². The predicted octanol–water partition coefficient (Wildman–Crippen LogP) is 2.53. The summed E-state index contributed by atoms with van der Waals surface area (Å²) in [4.78, 5) is 2.50. The first kappa shape index (κ1) is 15.8. The smallest absolute Gasteiger partial charge is 0.119 e. The van der Waals surface area contributed by atoms with Crippen LogP contribution >= 0.6 is 0 Å². The lowest BCUT2D eigenvalue weighted by Gasteiger charge is -2.35. The van der Waals surface area contributed by atoms with Crippen molar-refractivity contribution in [2.45, 2.75) is 44.7 Å². The van der Waals surface area contributed by atoms with Gasteiger partial charge in [0.05, 0.1) is 11.6 Å². The molecule has 1 aliphatic rings. The lowest BCUT2D eigenvalue weighted by molar-refractivity contribution is 0.132. The van der Waals surface area contributed by atoms with Gasteiger partial charge in [0.15, 0.2) is 0 Å². The molecule has 21 heavy (non-hydrogen) atoms. The summed E-state index contributed by atoms with van der Waals surface area (Å²) in [5.74, 6) is 0.829. The van der Waals surface area contributed by atoms with Gasteiger partial charge in [0, 0.05) is 18.6 Å². The zero-order valence-electron chi connectivity index (χ0n) is 12.8. The number of hydrogen-bond donors (Lipinski definition) is 1. The van der Waals surface area contributed by atoms with Crippen LogP contribution in [0.25, 0.3) is 0 Å². The molecule has 1 aliphatic carbocycles. The number of nitrogens with two attached hydrogens (primary N) is 1. The number of rotatable bonds is 6. The molecule has 0 bridgehead atoms. The molecule has 0 amide bonds. The second-order valence-corrected chi connectivity index (χ2v) is 5.68. The van der Waals surface area contributed by atoms with Crippen molar-refractivity contribution in [3.63, 3.8) is 0 Å². The van der Waals surface area contributed by atoms with E-state index in [1.807, 2.05) is 12.1 Å². The summed E-state index contributed by atoms with van der Waals surface area (Å²) in [5.41, 5.74) is 6.64. The van der Waals surface area contributed by atoms with Gasteiger partial charge in [-0.2, -0.15) is 5.26 Å². The van der Waals surface area contributed by atoms with E-state index in [2.05, 4.69) is 17.9 Å². The van der Waals surface area contributed by atoms with E-state index >= 15 is 0 Å². The van der Waals surface area contributed by atoms with Crippen LogP contribution in [0.3, 0.4) is 0 Å². The van der Waals surface area contributed by atoms with Crippen LogP contribution in [0.2, 0.25) is 0 Å². The number of hydrogen-bond acceptors (Lipinski definition) is 4. The molecule has 0 radical (unpaired) electrons. The maximum atomic E-state index is 8.77. The first-order valence-electron chi connectivity index (χ1n) is 7.85. The first-order valence-corrected chi connectivity index (χ1v) is 7.85. The number of nitriles is 1. The van der Waals surface area contributed by atoms with Crippen LogP contribution in [0.1, 0.15) is 38.2 Å². The molecule has 1 saturated carbocycles. The van der Waals surface area contributed by atoms with Crippen LogP contribution in [0.15, 0.2) is 24.3 Å². The highest BCUT2D eigenvalue weighted by Gasteiger charge is 2.22. The van der Waals surface area contributed by atoms with Crippen LogP contribution in [-0.2, 0) is 0 Å². The van der Waals surface area contributed by atoms with Crippen molar-refractivity contribution in [1.82, 2.24) is 4.90 Å². The SMILES string of the molecule is CCN(CCOc1ccc(C#N)cc1)C1CCC(N)CC1. The lowest BCUT2D eigenvalue weighted by atomic mass is 9.91. The third-order valence-electron chi connectivity index (χ3n) is 4.29. The van der Waals surface area contributed by atoms with Gasteiger partial charge in [0.25, 0.3) is 0 Å². The molecule has 0 unspecified atom stereocenters. The minimum absolute atomic E-state index is 0.398. The summed E-state index contributed by atoms with van der Waals surface area (Å²) in [6.45, 7) is 4.88. The molecular formula is C17H25N3O. The van der Waals surface area contributed by atoms with Gasteiger partial charge in [0.1, 0.15) is 12.4 Å². The van der Waals surface area contributed by atoms with Crippen LogP contribution in [-0.4, -0.2) is 36.7 Å². The summed E-state index contributed by atoms with van der Waals surface area (Å²) in [6.07, 6.45) is 4.67. The second-order valence-electron chi connectivity index (χ2n) is 5.68. The molecule has 0 heterocycles. The van der Waals surface area contributed by atoms with Crippen molar-refractivity contribution >= 4 is 0 Å². The molecule has 114 valence electrons. The Labute approximate surface area is 127 Å². The van der Waals surface area contributed by atoms with E-state index in [0.29, 0.717) is 24.3 Å². The Hall–Kier alpha value is -1.57. The van der Waals surface area contributed by atoms with E-state index in [0.717, 1.165) is 31.7 Å². The molecular weight excluding hydrogens is 262 g/mol. The maximum Gasteiger partial charge on any atom is 0.119 e. The fourth-order valence-corrected chi connectivity index (χ4v) is 2.97. The van der Waals surface area contributed by atoms with Crippen LogP contribution in [0.5, 0.6) is 5.75 Å². The van der Waals surface area contributed by atoms with Crippen molar-refractivity contribution in [3.05, 3.63) is 29.8 Å². The van der Waals surface area contributed by atoms with E-state index in [1.165, 1.54) is 12.8 Å². The monoisotopic (exact) mass is 287 g/mol. The molecule has 0 atom stereocenters. The molecule has 0 saturated heterocycles. The van der Waals surface area contributed by atoms with Crippen molar-refractivity contribution < 1.29 is 4.74 Å². The quantitative estimate of drug-likeness (QED) is 0.873. The molecule has 1 fully saturated rings. The van der Waals surface area contributed by atoms with Crippen molar-refractivity contribution in [2.75, 3.05) is 19.7 Å². The highest BCUT2D eigenvalue weighted by atomic mass is 16.5. The van der Waals surface area contributed by atoms with Gasteiger partial charge in [-0.25, -0.2) is 0 Å². The molecule has 2 rings (SSSR count). The number of ether oxygens (including phenoxy) is 1. The molecule has 0 spiro atoms. The first-order chi connectivity index (χ1) is 10.2. The van der Waals surface area contributed by atoms with E-state index in [1.54, 1.807) is 12.1 Å². The largest absolute Gasteiger partial charge is 0.492 e. The zero-order chi connectivity index (χ0) is 15.1. The normalized spacial score (nSPS) is 22.0. The Balaban J connectivity index is 1.76. The van der Waals surface area contributed by atoms with Gasteiger partial charge in [-0.05, 0) is 56.5 Å². The summed E-state index contributed by atoms with van der Waals surface area (Å²) >= 11 is 0. The molecule has 4 heteroatoms. The van der Waals surface area contributed by atoms with E-state index in [4.69, 9.17) is 15.7 Å². The number of benzene rings is 1. The van der Waals surface area contributed by atoms with Gasteiger partial charge in [-0.1, -0.05) is 6.92 Å². The molecule has 0 aromatic heterocycles. The highest BCUT2D eigenvalue weighted by molar-refractivity contribution is 5.34. The minimum Gasteiger partial charge on any atom is -0.492 e. The van der Waals surface area contributed by atoms with Crippen LogP contribution in [0.4, 0.5) is 0 Å². The molecule has 2 N–H and O–H groups in total. The Morgan fingerprint density at radius 3 is 2.48 bits per heavy atom. The maximum absolute atomic E-state index is 8.77. The number of nitrogens with zero attached hydrogens (tertiary/aromatic N) is 2. The van der Waals surface area contributed by atoms with Gasteiger partial charge < -0.3 is 10.5 Å². The second kappa shape index (κ2) is 8.02. The molecule has 1 aromatic rings.